The second-order valence-electron chi connectivity index (χ2n) is 3.94. The summed E-state index contributed by atoms with van der Waals surface area (Å²) >= 11 is 1.77. The monoisotopic (exact) mass is 279 g/mol. The molecule has 0 bridgehead atoms. The van der Waals surface area contributed by atoms with Gasteiger partial charge in [-0.3, -0.25) is 0 Å². The van der Waals surface area contributed by atoms with E-state index in [0.717, 1.165) is 12.3 Å². The fraction of sp³-hybridized carbons (Fsp3) is 0.286. The summed E-state index contributed by atoms with van der Waals surface area (Å²) in [6.07, 6.45) is 0. The molecule has 4 heteroatoms. The fourth-order valence-corrected chi connectivity index (χ4v) is 2.69. The van der Waals surface area contributed by atoms with Crippen LogP contribution in [0.15, 0.2) is 41.8 Å². The topological polar surface area (TPSA) is 21.3 Å². The third kappa shape index (κ3) is 3.81. The average Bonchev–Trinajstić information content (AvgIpc) is 2.90. The van der Waals surface area contributed by atoms with E-state index in [-0.39, 0.29) is 5.78 Å². The van der Waals surface area contributed by atoms with Gasteiger partial charge in [-0.05, 0) is 36.1 Å². The van der Waals surface area contributed by atoms with Crippen LogP contribution in [0.1, 0.15) is 23.1 Å². The molecular weight excluding hydrogens is 261 g/mol. The van der Waals surface area contributed by atoms with Gasteiger partial charge in [0.25, 0.3) is 0 Å². The van der Waals surface area contributed by atoms with Gasteiger partial charge in [0.15, 0.2) is 0 Å². The predicted molar refractivity (Wildman–Crippen MR) is 81.2 cm³/mol. The Morgan fingerprint density at radius 1 is 1.33 bits per heavy atom. The minimum absolute atomic E-state index is 0.243. The molecule has 0 saturated heterocycles. The second kappa shape index (κ2) is 6.89. The highest BCUT2D eigenvalue weighted by molar-refractivity contribution is 7.17. The smallest absolute Gasteiger partial charge is 0.119 e. The lowest BCUT2D eigenvalue weighted by molar-refractivity contribution is 0.340. The van der Waals surface area contributed by atoms with E-state index in [1.807, 2.05) is 19.1 Å². The first-order valence-corrected chi connectivity index (χ1v) is 7.58. The molecule has 18 heavy (non-hydrogen) atoms. The van der Waals surface area contributed by atoms with Crippen molar-refractivity contribution in [3.8, 4) is 5.75 Å². The van der Waals surface area contributed by atoms with E-state index < -0.39 is 0 Å². The van der Waals surface area contributed by atoms with Crippen LogP contribution in [-0.2, 0) is 6.54 Å². The van der Waals surface area contributed by atoms with E-state index >= 15 is 0 Å². The maximum absolute atomic E-state index is 5.51. The van der Waals surface area contributed by atoms with Crippen LogP contribution in [0.4, 0.5) is 0 Å². The van der Waals surface area contributed by atoms with Crippen LogP contribution in [0, 0.1) is 0 Å². The van der Waals surface area contributed by atoms with Crippen molar-refractivity contribution in [2.24, 2.45) is 0 Å². The van der Waals surface area contributed by atoms with E-state index in [4.69, 9.17) is 4.74 Å². The molecule has 0 amide bonds. The van der Waals surface area contributed by atoms with Crippen molar-refractivity contribution in [1.82, 2.24) is 5.32 Å². The van der Waals surface area contributed by atoms with Crippen LogP contribution in [0.2, 0.25) is 0 Å². The molecule has 0 aliphatic heterocycles. The highest BCUT2D eigenvalue weighted by Crippen LogP contribution is 2.24. The van der Waals surface area contributed by atoms with Crippen molar-refractivity contribution in [2.45, 2.75) is 19.3 Å². The van der Waals surface area contributed by atoms with E-state index in [1.165, 1.54) is 10.4 Å². The molecule has 1 aromatic heterocycles. The Morgan fingerprint density at radius 2 is 2.22 bits per heavy atom. The molecule has 2 aromatic rings. The number of benzene rings is 1. The number of thiophene rings is 1. The maximum atomic E-state index is 5.51. The first kappa shape index (κ1) is 13.5. The lowest BCUT2D eigenvalue weighted by atomic mass is 10.2. The van der Waals surface area contributed by atoms with E-state index in [2.05, 4.69) is 44.2 Å². The Morgan fingerprint density at radius 3 is 2.94 bits per heavy atom. The van der Waals surface area contributed by atoms with Gasteiger partial charge in [-0.1, -0.05) is 18.2 Å². The summed E-state index contributed by atoms with van der Waals surface area (Å²) in [5.74, 6) is 1.17. The van der Waals surface area contributed by atoms with Crippen LogP contribution >= 0.6 is 20.6 Å². The second-order valence-corrected chi connectivity index (χ2v) is 5.64. The number of nitrogens with one attached hydrogen (secondary N) is 1. The predicted octanol–water partition coefficient (Wildman–Crippen LogP) is 3.81. The molecule has 1 N–H and O–H groups in total. The Bertz CT molecular complexity index is 472. The summed E-state index contributed by atoms with van der Waals surface area (Å²) in [7, 11) is 2.84. The lowest BCUT2D eigenvalue weighted by Crippen LogP contribution is -2.15. The minimum Gasteiger partial charge on any atom is -0.494 e. The zero-order chi connectivity index (χ0) is 12.8. The zero-order valence-electron chi connectivity index (χ0n) is 10.4. The number of rotatable bonds is 6. The summed E-state index contributed by atoms with van der Waals surface area (Å²) < 4.78 is 5.51. The average molecular weight is 279 g/mol. The molecule has 0 fully saturated rings. The fourth-order valence-electron chi connectivity index (χ4n) is 1.71. The summed E-state index contributed by atoms with van der Waals surface area (Å²) in [6, 6.07) is 12.4. The summed E-state index contributed by atoms with van der Waals surface area (Å²) in [5, 5.41) is 5.59. The quantitative estimate of drug-likeness (QED) is 0.812. The van der Waals surface area contributed by atoms with Crippen molar-refractivity contribution in [2.75, 3.05) is 6.61 Å². The molecule has 0 radical (unpaired) electrons. The highest BCUT2D eigenvalue weighted by Gasteiger charge is 2.06. The van der Waals surface area contributed by atoms with Gasteiger partial charge in [-0.15, -0.1) is 20.6 Å². The molecule has 2 rings (SSSR count). The largest absolute Gasteiger partial charge is 0.494 e. The first-order chi connectivity index (χ1) is 8.79. The van der Waals surface area contributed by atoms with Gasteiger partial charge in [0.1, 0.15) is 5.75 Å². The van der Waals surface area contributed by atoms with E-state index in [0.29, 0.717) is 6.61 Å². The summed E-state index contributed by atoms with van der Waals surface area (Å²) in [5.41, 5.74) is 1.22. The SMILES string of the molecule is CCOc1cccc(C(P)NCc2cccs2)c1. The lowest BCUT2D eigenvalue weighted by Gasteiger charge is -2.14. The zero-order valence-corrected chi connectivity index (χ0v) is 12.4. The van der Waals surface area contributed by atoms with Crippen LogP contribution in [0.3, 0.4) is 0 Å². The van der Waals surface area contributed by atoms with E-state index in [1.54, 1.807) is 11.3 Å². The molecular formula is C14H18NOPS. The van der Waals surface area contributed by atoms with Gasteiger partial charge < -0.3 is 10.1 Å². The molecule has 1 aromatic carbocycles. The molecule has 0 aliphatic rings. The third-order valence-corrected chi connectivity index (χ3v) is 4.10. The van der Waals surface area contributed by atoms with Crippen molar-refractivity contribution in [3.05, 3.63) is 52.2 Å². The molecule has 96 valence electrons. The first-order valence-electron chi connectivity index (χ1n) is 6.03. The Balaban J connectivity index is 1.95. The number of hydrogen-bond acceptors (Lipinski definition) is 3. The van der Waals surface area contributed by atoms with Gasteiger partial charge in [-0.2, -0.15) is 0 Å². The van der Waals surface area contributed by atoms with Crippen LogP contribution in [0.25, 0.3) is 0 Å². The standard InChI is InChI=1S/C14H18NOPS/c1-2-16-12-6-3-5-11(9-12)14(17)15-10-13-7-4-8-18-13/h3-9,14-15H,2,10,17H2,1H3. The molecule has 0 spiro atoms. The molecule has 2 nitrogen and oxygen atoms in total. The number of hydrogen-bond donors (Lipinski definition) is 1. The van der Waals surface area contributed by atoms with Gasteiger partial charge >= 0.3 is 0 Å². The third-order valence-electron chi connectivity index (χ3n) is 2.60. The van der Waals surface area contributed by atoms with Crippen molar-refractivity contribution in [1.29, 1.82) is 0 Å². The summed E-state index contributed by atoms with van der Waals surface area (Å²) in [6.45, 7) is 3.60. The Kier molecular flexibility index (Phi) is 5.18. The summed E-state index contributed by atoms with van der Waals surface area (Å²) in [4.78, 5) is 1.35. The van der Waals surface area contributed by atoms with Gasteiger partial charge in [-0.25, -0.2) is 0 Å². The highest BCUT2D eigenvalue weighted by atomic mass is 32.1. The Labute approximate surface area is 115 Å². The van der Waals surface area contributed by atoms with Crippen molar-refractivity contribution in [3.63, 3.8) is 0 Å². The van der Waals surface area contributed by atoms with Gasteiger partial charge in [0.05, 0.1) is 6.61 Å². The van der Waals surface area contributed by atoms with Crippen molar-refractivity contribution < 1.29 is 4.74 Å². The molecule has 2 atom stereocenters. The number of ether oxygens (including phenoxy) is 1. The van der Waals surface area contributed by atoms with Gasteiger partial charge in [0, 0.05) is 17.2 Å². The van der Waals surface area contributed by atoms with Gasteiger partial charge in [0.2, 0.25) is 0 Å². The molecule has 0 saturated carbocycles. The van der Waals surface area contributed by atoms with Crippen LogP contribution in [-0.4, -0.2) is 6.61 Å². The van der Waals surface area contributed by atoms with Crippen LogP contribution < -0.4 is 10.1 Å². The normalized spacial score (nSPS) is 12.3. The molecule has 1 heterocycles. The maximum Gasteiger partial charge on any atom is 0.119 e. The Hall–Kier alpha value is -0.890. The molecule has 2 unspecified atom stereocenters. The molecule has 0 aliphatic carbocycles. The minimum atomic E-state index is 0.243. The van der Waals surface area contributed by atoms with Crippen LogP contribution in [0.5, 0.6) is 5.75 Å². The van der Waals surface area contributed by atoms with E-state index in [9.17, 15) is 0 Å². The van der Waals surface area contributed by atoms with Crippen molar-refractivity contribution >= 4 is 20.6 Å².